The van der Waals surface area contributed by atoms with Gasteiger partial charge in [0.05, 0.1) is 19.2 Å². The largest absolute Gasteiger partial charge is 0.495 e. The normalized spacial score (nSPS) is 10.4. The molecular formula is C15H14ClNO4. The van der Waals surface area contributed by atoms with Crippen LogP contribution < -0.4 is 10.2 Å². The minimum absolute atomic E-state index is 0.204. The van der Waals surface area contributed by atoms with E-state index in [-0.39, 0.29) is 17.4 Å². The SMILES string of the molecule is COc1ccc(Cl)cc1-n1cc(CC(=O)O)c(=O)cc1C. The summed E-state index contributed by atoms with van der Waals surface area (Å²) in [4.78, 5) is 22.7. The molecule has 0 aliphatic heterocycles. The Balaban J connectivity index is 2.66. The molecule has 21 heavy (non-hydrogen) atoms. The predicted molar refractivity (Wildman–Crippen MR) is 79.7 cm³/mol. The molecular weight excluding hydrogens is 294 g/mol. The minimum Gasteiger partial charge on any atom is -0.495 e. The summed E-state index contributed by atoms with van der Waals surface area (Å²) in [6.45, 7) is 1.76. The van der Waals surface area contributed by atoms with E-state index in [0.29, 0.717) is 22.2 Å². The predicted octanol–water partition coefficient (Wildman–Crippen LogP) is 2.44. The number of aromatic nitrogens is 1. The van der Waals surface area contributed by atoms with E-state index in [1.165, 1.54) is 19.4 Å². The van der Waals surface area contributed by atoms with Crippen LogP contribution in [0.15, 0.2) is 35.3 Å². The van der Waals surface area contributed by atoms with Gasteiger partial charge in [0, 0.05) is 28.5 Å². The van der Waals surface area contributed by atoms with Crippen molar-refractivity contribution < 1.29 is 14.6 Å². The molecule has 6 heteroatoms. The third-order valence-corrected chi connectivity index (χ3v) is 3.30. The summed E-state index contributed by atoms with van der Waals surface area (Å²) in [5.41, 5.74) is 1.21. The number of hydrogen-bond acceptors (Lipinski definition) is 3. The van der Waals surface area contributed by atoms with E-state index in [9.17, 15) is 9.59 Å². The average Bonchev–Trinajstić information content (AvgIpc) is 2.41. The van der Waals surface area contributed by atoms with Crippen LogP contribution >= 0.6 is 11.6 Å². The van der Waals surface area contributed by atoms with Gasteiger partial charge in [0.1, 0.15) is 5.75 Å². The highest BCUT2D eigenvalue weighted by molar-refractivity contribution is 6.30. The van der Waals surface area contributed by atoms with E-state index in [0.717, 1.165) is 0 Å². The van der Waals surface area contributed by atoms with Gasteiger partial charge < -0.3 is 14.4 Å². The summed E-state index contributed by atoms with van der Waals surface area (Å²) >= 11 is 6.01. The molecule has 2 aromatic rings. The molecule has 1 aromatic heterocycles. The lowest BCUT2D eigenvalue weighted by atomic mass is 10.1. The molecule has 1 N–H and O–H groups in total. The number of hydrogen-bond donors (Lipinski definition) is 1. The lowest BCUT2D eigenvalue weighted by molar-refractivity contribution is -0.136. The van der Waals surface area contributed by atoms with Crippen molar-refractivity contribution in [1.29, 1.82) is 0 Å². The van der Waals surface area contributed by atoms with Crippen LogP contribution in [0.5, 0.6) is 5.75 Å². The van der Waals surface area contributed by atoms with E-state index in [1.54, 1.807) is 29.7 Å². The maximum atomic E-state index is 11.8. The number of halogens is 1. The van der Waals surface area contributed by atoms with Crippen LogP contribution in [0.4, 0.5) is 0 Å². The summed E-state index contributed by atoms with van der Waals surface area (Å²) < 4.78 is 6.99. The molecule has 0 bridgehead atoms. The van der Waals surface area contributed by atoms with Gasteiger partial charge in [-0.15, -0.1) is 0 Å². The number of carboxylic acid groups (broad SMARTS) is 1. The van der Waals surface area contributed by atoms with Gasteiger partial charge in [-0.1, -0.05) is 11.6 Å². The lowest BCUT2D eigenvalue weighted by Gasteiger charge is -2.15. The van der Waals surface area contributed by atoms with Gasteiger partial charge in [0.2, 0.25) is 0 Å². The molecule has 0 atom stereocenters. The van der Waals surface area contributed by atoms with Crippen LogP contribution in [-0.4, -0.2) is 22.8 Å². The molecule has 5 nitrogen and oxygen atoms in total. The van der Waals surface area contributed by atoms with E-state index >= 15 is 0 Å². The van der Waals surface area contributed by atoms with Crippen LogP contribution in [-0.2, 0) is 11.2 Å². The number of rotatable bonds is 4. The second-order valence-electron chi connectivity index (χ2n) is 4.56. The van der Waals surface area contributed by atoms with Crippen molar-refractivity contribution in [1.82, 2.24) is 4.57 Å². The first-order valence-corrected chi connectivity index (χ1v) is 6.58. The molecule has 0 aliphatic rings. The molecule has 1 aromatic carbocycles. The fourth-order valence-corrected chi connectivity index (χ4v) is 2.25. The van der Waals surface area contributed by atoms with Crippen LogP contribution in [0.25, 0.3) is 5.69 Å². The summed E-state index contributed by atoms with van der Waals surface area (Å²) in [5.74, 6) is -0.479. The van der Waals surface area contributed by atoms with Gasteiger partial charge in [0.15, 0.2) is 5.43 Å². The summed E-state index contributed by atoms with van der Waals surface area (Å²) in [6.07, 6.45) is 1.18. The summed E-state index contributed by atoms with van der Waals surface area (Å²) in [5, 5.41) is 9.39. The fraction of sp³-hybridized carbons (Fsp3) is 0.200. The Morgan fingerprint density at radius 1 is 1.38 bits per heavy atom. The Hall–Kier alpha value is -2.27. The van der Waals surface area contributed by atoms with Crippen molar-refractivity contribution in [2.45, 2.75) is 13.3 Å². The first-order valence-electron chi connectivity index (χ1n) is 6.20. The highest BCUT2D eigenvalue weighted by Gasteiger charge is 2.12. The van der Waals surface area contributed by atoms with Crippen LogP contribution in [0, 0.1) is 6.92 Å². The van der Waals surface area contributed by atoms with Crippen LogP contribution in [0.3, 0.4) is 0 Å². The average molecular weight is 308 g/mol. The molecule has 0 amide bonds. The molecule has 0 saturated heterocycles. The number of carbonyl (C=O) groups is 1. The van der Waals surface area contributed by atoms with Crippen molar-refractivity contribution >= 4 is 17.6 Å². The number of methoxy groups -OCH3 is 1. The van der Waals surface area contributed by atoms with Gasteiger partial charge in [-0.05, 0) is 25.1 Å². The number of benzene rings is 1. The Kier molecular flexibility index (Phi) is 4.33. The topological polar surface area (TPSA) is 68.5 Å². The smallest absolute Gasteiger partial charge is 0.308 e. The molecule has 0 aliphatic carbocycles. The van der Waals surface area contributed by atoms with Crippen molar-refractivity contribution in [2.24, 2.45) is 0 Å². The highest BCUT2D eigenvalue weighted by atomic mass is 35.5. The number of pyridine rings is 1. The quantitative estimate of drug-likeness (QED) is 0.942. The molecule has 0 saturated carbocycles. The minimum atomic E-state index is -1.06. The Labute approximate surface area is 126 Å². The van der Waals surface area contributed by atoms with E-state index < -0.39 is 5.97 Å². The monoisotopic (exact) mass is 307 g/mol. The maximum Gasteiger partial charge on any atom is 0.308 e. The number of aryl methyl sites for hydroxylation is 1. The van der Waals surface area contributed by atoms with Gasteiger partial charge >= 0.3 is 5.97 Å². The standard InChI is InChI=1S/C15H14ClNO4/c1-9-5-13(18)10(6-15(19)20)8-17(9)12-7-11(16)3-4-14(12)21-2/h3-5,7-8H,6H2,1-2H3,(H,19,20). The fourth-order valence-electron chi connectivity index (χ4n) is 2.08. The molecule has 110 valence electrons. The Morgan fingerprint density at radius 3 is 2.71 bits per heavy atom. The Morgan fingerprint density at radius 2 is 2.10 bits per heavy atom. The summed E-state index contributed by atoms with van der Waals surface area (Å²) in [6, 6.07) is 6.51. The number of carboxylic acids is 1. The molecule has 0 unspecified atom stereocenters. The lowest BCUT2D eigenvalue weighted by Crippen LogP contribution is -2.17. The second-order valence-corrected chi connectivity index (χ2v) is 5.00. The first-order chi connectivity index (χ1) is 9.92. The Bertz CT molecular complexity index is 752. The van der Waals surface area contributed by atoms with Crippen molar-refractivity contribution in [3.63, 3.8) is 0 Å². The van der Waals surface area contributed by atoms with Gasteiger partial charge in [0.25, 0.3) is 0 Å². The van der Waals surface area contributed by atoms with Crippen LogP contribution in [0.1, 0.15) is 11.3 Å². The number of ether oxygens (including phenoxy) is 1. The molecule has 2 rings (SSSR count). The number of aliphatic carboxylic acids is 1. The first kappa shape index (κ1) is 15.1. The van der Waals surface area contributed by atoms with Crippen molar-refractivity contribution in [3.8, 4) is 11.4 Å². The van der Waals surface area contributed by atoms with Gasteiger partial charge in [-0.2, -0.15) is 0 Å². The van der Waals surface area contributed by atoms with Gasteiger partial charge in [-0.25, -0.2) is 0 Å². The molecule has 1 heterocycles. The van der Waals surface area contributed by atoms with E-state index in [1.807, 2.05) is 0 Å². The van der Waals surface area contributed by atoms with Crippen LogP contribution in [0.2, 0.25) is 5.02 Å². The zero-order valence-electron chi connectivity index (χ0n) is 11.6. The summed E-state index contributed by atoms with van der Waals surface area (Å²) in [7, 11) is 1.53. The third-order valence-electron chi connectivity index (χ3n) is 3.06. The van der Waals surface area contributed by atoms with E-state index in [4.69, 9.17) is 21.4 Å². The maximum absolute atomic E-state index is 11.8. The number of nitrogens with zero attached hydrogens (tertiary/aromatic N) is 1. The van der Waals surface area contributed by atoms with Gasteiger partial charge in [-0.3, -0.25) is 9.59 Å². The molecule has 0 fully saturated rings. The highest BCUT2D eigenvalue weighted by Crippen LogP contribution is 2.27. The second kappa shape index (κ2) is 6.01. The molecule has 0 radical (unpaired) electrons. The zero-order chi connectivity index (χ0) is 15.6. The van der Waals surface area contributed by atoms with Crippen molar-refractivity contribution in [3.05, 3.63) is 57.0 Å². The third kappa shape index (κ3) is 3.25. The zero-order valence-corrected chi connectivity index (χ0v) is 12.3. The van der Waals surface area contributed by atoms with Crippen molar-refractivity contribution in [2.75, 3.05) is 7.11 Å². The van der Waals surface area contributed by atoms with E-state index in [2.05, 4.69) is 0 Å². The molecule has 0 spiro atoms.